The van der Waals surface area contributed by atoms with Gasteiger partial charge >= 0.3 is 6.03 Å². The van der Waals surface area contributed by atoms with Gasteiger partial charge in [-0.2, -0.15) is 0 Å². The fourth-order valence-corrected chi connectivity index (χ4v) is 5.53. The number of amides is 3. The van der Waals surface area contributed by atoms with Gasteiger partial charge in [-0.3, -0.25) is 9.52 Å². The van der Waals surface area contributed by atoms with E-state index in [1.807, 2.05) is 6.92 Å². The lowest BCUT2D eigenvalue weighted by atomic mass is 9.99. The van der Waals surface area contributed by atoms with Gasteiger partial charge < -0.3 is 25.0 Å². The Kier molecular flexibility index (Phi) is 9.14. The molecule has 41 heavy (non-hydrogen) atoms. The number of ether oxygens (including phenoxy) is 1. The van der Waals surface area contributed by atoms with E-state index in [4.69, 9.17) is 4.74 Å². The van der Waals surface area contributed by atoms with Gasteiger partial charge in [-0.1, -0.05) is 31.2 Å². The van der Waals surface area contributed by atoms with Crippen LogP contribution in [0.1, 0.15) is 24.2 Å². The first-order chi connectivity index (χ1) is 19.5. The number of benzene rings is 3. The van der Waals surface area contributed by atoms with E-state index in [0.29, 0.717) is 5.69 Å². The van der Waals surface area contributed by atoms with Gasteiger partial charge in [0.1, 0.15) is 11.9 Å². The molecular formula is C29H33FN4O6S. The lowest BCUT2D eigenvalue weighted by Crippen LogP contribution is -2.50. The van der Waals surface area contributed by atoms with Crippen LogP contribution in [-0.2, 0) is 10.0 Å². The number of para-hydroxylation sites is 1. The summed E-state index contributed by atoms with van der Waals surface area (Å²) in [7, 11) is -2.45. The van der Waals surface area contributed by atoms with Crippen LogP contribution in [0, 0.1) is 11.7 Å². The van der Waals surface area contributed by atoms with Gasteiger partial charge in [0.2, 0.25) is 0 Å². The second-order valence-electron chi connectivity index (χ2n) is 10.0. The van der Waals surface area contributed by atoms with Crippen molar-refractivity contribution in [2.75, 3.05) is 36.8 Å². The molecular weight excluding hydrogens is 551 g/mol. The summed E-state index contributed by atoms with van der Waals surface area (Å²) in [5.74, 6) is -1.16. The number of carbonyl (C=O) groups is 2. The summed E-state index contributed by atoms with van der Waals surface area (Å²) in [6.45, 7) is 3.58. The number of urea groups is 1. The molecule has 1 heterocycles. The van der Waals surface area contributed by atoms with E-state index in [-0.39, 0.29) is 47.5 Å². The number of likely N-dealkylation sites (N-methyl/N-ethyl adjacent to an activating group) is 1. The number of carbonyl (C=O) groups excluding carboxylic acids is 2. The van der Waals surface area contributed by atoms with E-state index in [0.717, 1.165) is 0 Å². The fraction of sp³-hybridized carbons (Fsp3) is 0.310. The summed E-state index contributed by atoms with van der Waals surface area (Å²) in [4.78, 5) is 29.5. The van der Waals surface area contributed by atoms with Gasteiger partial charge in [0.15, 0.2) is 5.75 Å². The van der Waals surface area contributed by atoms with Crippen LogP contribution in [-0.4, -0.2) is 74.2 Å². The molecule has 4 rings (SSSR count). The molecule has 0 saturated carbocycles. The van der Waals surface area contributed by atoms with Crippen molar-refractivity contribution >= 4 is 33.3 Å². The Morgan fingerprint density at radius 3 is 2.46 bits per heavy atom. The molecule has 218 valence electrons. The zero-order valence-electron chi connectivity index (χ0n) is 23.0. The van der Waals surface area contributed by atoms with Crippen molar-refractivity contribution in [3.63, 3.8) is 0 Å². The minimum atomic E-state index is -4.02. The van der Waals surface area contributed by atoms with Gasteiger partial charge in [0.05, 0.1) is 35.3 Å². The first-order valence-electron chi connectivity index (χ1n) is 13.1. The summed E-state index contributed by atoms with van der Waals surface area (Å²) in [5.41, 5.74) is 0.592. The molecule has 0 unspecified atom stereocenters. The zero-order valence-corrected chi connectivity index (χ0v) is 23.8. The minimum absolute atomic E-state index is 0.0241. The Hall–Kier alpha value is -4.16. The van der Waals surface area contributed by atoms with Crippen molar-refractivity contribution in [2.24, 2.45) is 5.92 Å². The van der Waals surface area contributed by atoms with E-state index < -0.39 is 39.9 Å². The first-order valence-corrected chi connectivity index (χ1v) is 14.6. The van der Waals surface area contributed by atoms with E-state index in [1.165, 1.54) is 58.3 Å². The molecule has 1 aliphatic rings. The second-order valence-corrected chi connectivity index (χ2v) is 11.7. The number of nitrogens with one attached hydrogen (secondary N) is 2. The van der Waals surface area contributed by atoms with Gasteiger partial charge in [0.25, 0.3) is 15.9 Å². The van der Waals surface area contributed by atoms with Crippen molar-refractivity contribution in [2.45, 2.75) is 30.9 Å². The molecule has 0 fully saturated rings. The number of halogens is 1. The lowest BCUT2D eigenvalue weighted by Gasteiger charge is -2.38. The van der Waals surface area contributed by atoms with Crippen molar-refractivity contribution in [3.05, 3.63) is 84.2 Å². The fourth-order valence-electron chi connectivity index (χ4n) is 4.45. The van der Waals surface area contributed by atoms with E-state index in [2.05, 4.69) is 10.0 Å². The van der Waals surface area contributed by atoms with Crippen molar-refractivity contribution in [1.82, 2.24) is 9.80 Å². The Morgan fingerprint density at radius 1 is 1.12 bits per heavy atom. The number of anilines is 2. The summed E-state index contributed by atoms with van der Waals surface area (Å²) in [6.07, 6.45) is -0.679. The highest BCUT2D eigenvalue weighted by atomic mass is 32.2. The van der Waals surface area contributed by atoms with Crippen LogP contribution in [0.25, 0.3) is 0 Å². The van der Waals surface area contributed by atoms with Crippen LogP contribution >= 0.6 is 0 Å². The monoisotopic (exact) mass is 584 g/mol. The summed E-state index contributed by atoms with van der Waals surface area (Å²) in [5, 5.41) is 12.6. The molecule has 3 amide bonds. The average Bonchev–Trinajstić information content (AvgIpc) is 2.96. The molecule has 1 aliphatic heterocycles. The minimum Gasteiger partial charge on any atom is -0.485 e. The maximum absolute atomic E-state index is 13.6. The van der Waals surface area contributed by atoms with Crippen LogP contribution in [0.15, 0.2) is 77.7 Å². The molecule has 0 aliphatic carbocycles. The standard InChI is InChI=1S/C29H33FN4O6S/c1-19-16-34(20(2)18-35)28(36)24-10-7-11-25(32-41(38,39)23-8-5-4-6-9-23)27(24)40-26(19)17-33(3)29(37)31-22-14-12-21(30)13-15-22/h4-15,19-20,26,32,35H,16-18H2,1-3H3,(H,31,37)/t19-,20-,26-/m0/s1. The molecule has 3 aromatic rings. The number of sulfonamides is 1. The van der Waals surface area contributed by atoms with Crippen LogP contribution < -0.4 is 14.8 Å². The van der Waals surface area contributed by atoms with Crippen molar-refractivity contribution in [1.29, 1.82) is 0 Å². The van der Waals surface area contributed by atoms with E-state index >= 15 is 0 Å². The second kappa shape index (κ2) is 12.6. The maximum atomic E-state index is 13.6. The number of nitrogens with zero attached hydrogens (tertiary/aromatic N) is 2. The maximum Gasteiger partial charge on any atom is 0.321 e. The van der Waals surface area contributed by atoms with Crippen LogP contribution in [0.4, 0.5) is 20.6 Å². The number of rotatable bonds is 8. The molecule has 0 radical (unpaired) electrons. The topological polar surface area (TPSA) is 128 Å². The number of aliphatic hydroxyl groups excluding tert-OH is 1. The quantitative estimate of drug-likeness (QED) is 0.367. The van der Waals surface area contributed by atoms with Crippen molar-refractivity contribution in [3.8, 4) is 5.75 Å². The lowest BCUT2D eigenvalue weighted by molar-refractivity contribution is 0.0373. The predicted octanol–water partition coefficient (Wildman–Crippen LogP) is 4.01. The van der Waals surface area contributed by atoms with Crippen molar-refractivity contribution < 1.29 is 32.2 Å². The molecule has 3 N–H and O–H groups in total. The highest BCUT2D eigenvalue weighted by molar-refractivity contribution is 7.92. The Balaban J connectivity index is 1.68. The molecule has 0 aromatic heterocycles. The zero-order chi connectivity index (χ0) is 29.7. The number of hydrogen-bond donors (Lipinski definition) is 3. The molecule has 0 bridgehead atoms. The average molecular weight is 585 g/mol. The molecule has 0 saturated heterocycles. The molecule has 3 aromatic carbocycles. The Morgan fingerprint density at radius 2 is 1.80 bits per heavy atom. The van der Waals surface area contributed by atoms with Gasteiger partial charge in [-0.15, -0.1) is 0 Å². The number of aliphatic hydroxyl groups is 1. The van der Waals surface area contributed by atoms with Crippen LogP contribution in [0.3, 0.4) is 0 Å². The largest absolute Gasteiger partial charge is 0.485 e. The van der Waals surface area contributed by atoms with Crippen LogP contribution in [0.2, 0.25) is 0 Å². The predicted molar refractivity (Wildman–Crippen MR) is 153 cm³/mol. The Bertz CT molecular complexity index is 1490. The highest BCUT2D eigenvalue weighted by Crippen LogP contribution is 2.36. The summed E-state index contributed by atoms with van der Waals surface area (Å²) < 4.78 is 48.5. The van der Waals surface area contributed by atoms with Gasteiger partial charge in [0, 0.05) is 25.2 Å². The number of hydrogen-bond acceptors (Lipinski definition) is 6. The van der Waals surface area contributed by atoms with Gasteiger partial charge in [-0.25, -0.2) is 17.6 Å². The molecule has 10 nitrogen and oxygen atoms in total. The Labute approximate surface area is 238 Å². The van der Waals surface area contributed by atoms with E-state index in [1.54, 1.807) is 38.2 Å². The highest BCUT2D eigenvalue weighted by Gasteiger charge is 2.35. The summed E-state index contributed by atoms with van der Waals surface area (Å²) >= 11 is 0. The third-order valence-corrected chi connectivity index (χ3v) is 8.27. The molecule has 3 atom stereocenters. The van der Waals surface area contributed by atoms with E-state index in [9.17, 15) is 27.5 Å². The number of fused-ring (bicyclic) bond motifs is 1. The molecule has 12 heteroatoms. The first kappa shape index (κ1) is 29.8. The molecule has 0 spiro atoms. The normalized spacial score (nSPS) is 17.9. The summed E-state index contributed by atoms with van der Waals surface area (Å²) in [6, 6.07) is 16.7. The smallest absolute Gasteiger partial charge is 0.321 e. The van der Waals surface area contributed by atoms with Gasteiger partial charge in [-0.05, 0) is 55.5 Å². The third-order valence-electron chi connectivity index (χ3n) is 6.88. The SMILES string of the molecule is C[C@H]1CN([C@@H](C)CO)C(=O)c2cccc(NS(=O)(=O)c3ccccc3)c2O[C@H]1CN(C)C(=O)Nc1ccc(F)cc1. The van der Waals surface area contributed by atoms with Crippen LogP contribution in [0.5, 0.6) is 5.75 Å². The third kappa shape index (κ3) is 6.95.